The summed E-state index contributed by atoms with van der Waals surface area (Å²) in [5.74, 6) is -0.467. The largest absolute Gasteiger partial charge is 0.420 e. The highest BCUT2D eigenvalue weighted by Gasteiger charge is 2.60. The number of para-hydroxylation sites is 1. The minimum atomic E-state index is -1.47. The normalized spacial score (nSPS) is 21.5. The van der Waals surface area contributed by atoms with E-state index in [0.717, 1.165) is 0 Å². The van der Waals surface area contributed by atoms with Gasteiger partial charge in [0.05, 0.1) is 11.3 Å². The first-order valence-corrected chi connectivity index (χ1v) is 7.23. The summed E-state index contributed by atoms with van der Waals surface area (Å²) in [5.41, 5.74) is 6.58. The van der Waals surface area contributed by atoms with Gasteiger partial charge in [-0.3, -0.25) is 14.8 Å². The van der Waals surface area contributed by atoms with Gasteiger partial charge in [-0.15, -0.1) is 5.10 Å². The Morgan fingerprint density at radius 1 is 1.50 bits per heavy atom. The SMILES string of the molecule is Cc1[nH]nc2c1C1(C(=O)N(CO)c3ccccc31)C(C#N)=C(N)O2. The summed E-state index contributed by atoms with van der Waals surface area (Å²) >= 11 is 0. The number of carbonyl (C=O) groups is 1. The number of carbonyl (C=O) groups excluding carboxylic acids is 1. The number of amides is 1. The third-order valence-corrected chi connectivity index (χ3v) is 4.54. The minimum absolute atomic E-state index is 0.00657. The number of benzene rings is 1. The first kappa shape index (κ1) is 14.3. The maximum Gasteiger partial charge on any atom is 0.249 e. The highest BCUT2D eigenvalue weighted by Crippen LogP contribution is 2.55. The maximum absolute atomic E-state index is 13.3. The summed E-state index contributed by atoms with van der Waals surface area (Å²) < 4.78 is 5.43. The second kappa shape index (κ2) is 4.59. The van der Waals surface area contributed by atoms with Crippen molar-refractivity contribution in [1.82, 2.24) is 10.2 Å². The van der Waals surface area contributed by atoms with E-state index in [9.17, 15) is 15.2 Å². The van der Waals surface area contributed by atoms with Crippen molar-refractivity contribution in [2.24, 2.45) is 5.73 Å². The number of ether oxygens (including phenoxy) is 1. The second-order valence-corrected chi connectivity index (χ2v) is 5.62. The van der Waals surface area contributed by atoms with Crippen LogP contribution >= 0.6 is 0 Å². The van der Waals surface area contributed by atoms with Gasteiger partial charge in [0.15, 0.2) is 0 Å². The van der Waals surface area contributed by atoms with E-state index in [1.807, 2.05) is 6.07 Å². The molecular formula is C16H13N5O3. The first-order valence-electron chi connectivity index (χ1n) is 7.23. The van der Waals surface area contributed by atoms with E-state index in [1.54, 1.807) is 31.2 Å². The van der Waals surface area contributed by atoms with Gasteiger partial charge in [0, 0.05) is 11.3 Å². The summed E-state index contributed by atoms with van der Waals surface area (Å²) in [6, 6.07) is 9.01. The molecule has 0 saturated heterocycles. The third kappa shape index (κ3) is 1.40. The van der Waals surface area contributed by atoms with Crippen LogP contribution in [0.2, 0.25) is 0 Å². The lowest BCUT2D eigenvalue weighted by Crippen LogP contribution is -2.46. The van der Waals surface area contributed by atoms with Crippen LogP contribution in [0, 0.1) is 18.3 Å². The lowest BCUT2D eigenvalue weighted by atomic mass is 9.69. The fourth-order valence-electron chi connectivity index (χ4n) is 3.60. The molecule has 0 saturated carbocycles. The Morgan fingerprint density at radius 3 is 2.96 bits per heavy atom. The van der Waals surface area contributed by atoms with Crippen LogP contribution in [-0.2, 0) is 10.2 Å². The molecule has 2 aromatic rings. The van der Waals surface area contributed by atoms with Crippen molar-refractivity contribution in [2.75, 3.05) is 11.6 Å². The molecule has 8 nitrogen and oxygen atoms in total. The molecule has 8 heteroatoms. The molecule has 2 aliphatic heterocycles. The number of aromatic nitrogens is 2. The van der Waals surface area contributed by atoms with Gasteiger partial charge in [-0.05, 0) is 13.0 Å². The highest BCUT2D eigenvalue weighted by molar-refractivity contribution is 6.14. The van der Waals surface area contributed by atoms with E-state index >= 15 is 0 Å². The molecule has 0 fully saturated rings. The number of hydrogen-bond acceptors (Lipinski definition) is 6. The predicted octanol–water partition coefficient (Wildman–Crippen LogP) is 0.387. The number of nitriles is 1. The molecule has 24 heavy (non-hydrogen) atoms. The number of nitrogens with two attached hydrogens (primary N) is 1. The Bertz CT molecular complexity index is 955. The highest BCUT2D eigenvalue weighted by atomic mass is 16.5. The molecule has 120 valence electrons. The van der Waals surface area contributed by atoms with Crippen molar-refractivity contribution < 1.29 is 14.6 Å². The summed E-state index contributed by atoms with van der Waals surface area (Å²) in [5, 5.41) is 26.3. The smallest absolute Gasteiger partial charge is 0.249 e. The molecule has 0 aliphatic carbocycles. The number of H-pyrrole nitrogens is 1. The maximum atomic E-state index is 13.3. The predicted molar refractivity (Wildman–Crippen MR) is 82.6 cm³/mol. The number of aliphatic hydroxyl groups is 1. The average Bonchev–Trinajstić information content (AvgIpc) is 3.05. The monoisotopic (exact) mass is 323 g/mol. The fourth-order valence-corrected chi connectivity index (χ4v) is 3.60. The number of anilines is 1. The number of nitrogens with zero attached hydrogens (tertiary/aromatic N) is 3. The zero-order valence-electron chi connectivity index (χ0n) is 12.7. The number of nitrogens with one attached hydrogen (secondary N) is 1. The number of rotatable bonds is 1. The molecule has 4 N–H and O–H groups in total. The van der Waals surface area contributed by atoms with E-state index in [4.69, 9.17) is 10.5 Å². The Kier molecular flexibility index (Phi) is 2.74. The number of aromatic amines is 1. The molecule has 1 amide bonds. The van der Waals surface area contributed by atoms with Gasteiger partial charge in [-0.2, -0.15) is 5.26 Å². The minimum Gasteiger partial charge on any atom is -0.420 e. The van der Waals surface area contributed by atoms with E-state index < -0.39 is 18.1 Å². The van der Waals surface area contributed by atoms with Crippen molar-refractivity contribution in [3.63, 3.8) is 0 Å². The van der Waals surface area contributed by atoms with Gasteiger partial charge in [0.2, 0.25) is 17.7 Å². The van der Waals surface area contributed by atoms with Gasteiger partial charge in [0.1, 0.15) is 23.8 Å². The van der Waals surface area contributed by atoms with Crippen LogP contribution in [0.25, 0.3) is 0 Å². The van der Waals surface area contributed by atoms with Crippen LogP contribution < -0.4 is 15.4 Å². The molecule has 3 heterocycles. The van der Waals surface area contributed by atoms with Gasteiger partial charge in [0.25, 0.3) is 0 Å². The van der Waals surface area contributed by atoms with E-state index in [1.165, 1.54) is 4.90 Å². The lowest BCUT2D eigenvalue weighted by molar-refractivity contribution is -0.121. The van der Waals surface area contributed by atoms with Crippen LogP contribution in [0.1, 0.15) is 16.8 Å². The number of fused-ring (bicyclic) bond motifs is 4. The first-order chi connectivity index (χ1) is 11.6. The Morgan fingerprint density at radius 2 is 2.25 bits per heavy atom. The van der Waals surface area contributed by atoms with Crippen molar-refractivity contribution in [1.29, 1.82) is 5.26 Å². The van der Waals surface area contributed by atoms with Crippen LogP contribution in [0.4, 0.5) is 5.69 Å². The second-order valence-electron chi connectivity index (χ2n) is 5.62. The standard InChI is InChI=1S/C16H13N5O3/c1-8-12-14(20-19-8)24-13(18)10(6-17)16(12)9-4-2-3-5-11(9)21(7-22)15(16)23/h2-5,22H,7,18H2,1H3,(H,19,20). The van der Waals surface area contributed by atoms with Crippen molar-refractivity contribution in [2.45, 2.75) is 12.3 Å². The molecule has 1 aromatic heterocycles. The molecule has 1 aromatic carbocycles. The van der Waals surface area contributed by atoms with Crippen molar-refractivity contribution >= 4 is 11.6 Å². The zero-order chi connectivity index (χ0) is 17.1. The number of aryl methyl sites for hydroxylation is 1. The van der Waals surface area contributed by atoms with Gasteiger partial charge in [-0.1, -0.05) is 18.2 Å². The van der Waals surface area contributed by atoms with Gasteiger partial charge in [-0.25, -0.2) is 0 Å². The third-order valence-electron chi connectivity index (χ3n) is 4.54. The lowest BCUT2D eigenvalue weighted by Gasteiger charge is -2.32. The van der Waals surface area contributed by atoms with E-state index in [0.29, 0.717) is 22.5 Å². The van der Waals surface area contributed by atoms with Crippen molar-refractivity contribution in [3.05, 3.63) is 52.5 Å². The molecule has 0 radical (unpaired) electrons. The quantitative estimate of drug-likeness (QED) is 0.696. The molecule has 1 unspecified atom stereocenters. The van der Waals surface area contributed by atoms with Gasteiger partial charge < -0.3 is 15.6 Å². The molecular weight excluding hydrogens is 310 g/mol. The summed E-state index contributed by atoms with van der Waals surface area (Å²) in [6.45, 7) is 1.23. The topological polar surface area (TPSA) is 128 Å². The molecule has 2 aliphatic rings. The van der Waals surface area contributed by atoms with Gasteiger partial charge >= 0.3 is 0 Å². The molecule has 1 spiro atoms. The zero-order valence-corrected chi connectivity index (χ0v) is 12.7. The van der Waals surface area contributed by atoms with Crippen molar-refractivity contribution in [3.8, 4) is 11.9 Å². The van der Waals surface area contributed by atoms with E-state index in [-0.39, 0.29) is 17.3 Å². The van der Waals surface area contributed by atoms with Crippen LogP contribution in [0.5, 0.6) is 5.88 Å². The van der Waals surface area contributed by atoms with E-state index in [2.05, 4.69) is 10.2 Å². The fraction of sp³-hybridized carbons (Fsp3) is 0.188. The average molecular weight is 323 g/mol. The summed E-state index contributed by atoms with van der Waals surface area (Å²) in [4.78, 5) is 14.5. The van der Waals surface area contributed by atoms with Crippen LogP contribution in [0.3, 0.4) is 0 Å². The summed E-state index contributed by atoms with van der Waals surface area (Å²) in [7, 11) is 0. The van der Waals surface area contributed by atoms with Crippen LogP contribution in [0.15, 0.2) is 35.7 Å². The van der Waals surface area contributed by atoms with Crippen LogP contribution in [-0.4, -0.2) is 27.9 Å². The number of hydrogen-bond donors (Lipinski definition) is 3. The molecule has 4 rings (SSSR count). The molecule has 1 atom stereocenters. The Hall–Kier alpha value is -3.31. The summed E-state index contributed by atoms with van der Waals surface area (Å²) in [6.07, 6.45) is 0. The number of aliphatic hydroxyl groups excluding tert-OH is 1. The molecule has 0 bridgehead atoms. The Balaban J connectivity index is 2.18. The Labute approximate surface area is 136 Å².